The van der Waals surface area contributed by atoms with Gasteiger partial charge in [0.1, 0.15) is 5.78 Å². The number of carbonyl (C=O) groups is 1. The molecule has 1 unspecified atom stereocenters. The maximum Gasteiger partial charge on any atom is 0.132 e. The zero-order chi connectivity index (χ0) is 7.98. The van der Waals surface area contributed by atoms with Crippen LogP contribution in [0.25, 0.3) is 0 Å². The van der Waals surface area contributed by atoms with Crippen LogP contribution in [-0.4, -0.2) is 17.5 Å². The Hall–Kier alpha value is -0.630. The van der Waals surface area contributed by atoms with Crippen molar-refractivity contribution in [1.82, 2.24) is 0 Å². The molecule has 58 valence electrons. The summed E-state index contributed by atoms with van der Waals surface area (Å²) in [6.07, 6.45) is 4.21. The molecule has 10 heavy (non-hydrogen) atoms. The highest BCUT2D eigenvalue weighted by molar-refractivity contribution is 5.77. The van der Waals surface area contributed by atoms with Crippen molar-refractivity contribution in [2.75, 3.05) is 6.61 Å². The second kappa shape index (κ2) is 5.18. The molecule has 0 aliphatic carbocycles. The van der Waals surface area contributed by atoms with Crippen LogP contribution in [0, 0.1) is 5.92 Å². The molecule has 0 aromatic heterocycles. The van der Waals surface area contributed by atoms with Crippen molar-refractivity contribution < 1.29 is 9.90 Å². The first kappa shape index (κ1) is 9.37. The van der Waals surface area contributed by atoms with Crippen LogP contribution < -0.4 is 0 Å². The molecule has 2 nitrogen and oxygen atoms in total. The molecule has 0 saturated carbocycles. The molecular formula is C8H14O2. The van der Waals surface area contributed by atoms with E-state index in [1.807, 2.05) is 13.0 Å². The van der Waals surface area contributed by atoms with Gasteiger partial charge in [-0.25, -0.2) is 0 Å². The van der Waals surface area contributed by atoms with Crippen molar-refractivity contribution in [2.24, 2.45) is 5.92 Å². The van der Waals surface area contributed by atoms with E-state index in [1.165, 1.54) is 0 Å². The monoisotopic (exact) mass is 142 g/mol. The van der Waals surface area contributed by atoms with E-state index in [4.69, 9.17) is 5.11 Å². The lowest BCUT2D eigenvalue weighted by Crippen LogP contribution is -2.04. The number of aliphatic hydroxyl groups is 1. The van der Waals surface area contributed by atoms with Crippen LogP contribution in [0.5, 0.6) is 0 Å². The molecule has 2 heteroatoms. The molecule has 0 aromatic rings. The van der Waals surface area contributed by atoms with E-state index >= 15 is 0 Å². The Labute approximate surface area is 61.6 Å². The van der Waals surface area contributed by atoms with Gasteiger partial charge in [0.15, 0.2) is 0 Å². The minimum absolute atomic E-state index is 0.0601. The molecule has 0 amide bonds. The normalized spacial score (nSPS) is 13.9. The average molecular weight is 142 g/mol. The highest BCUT2D eigenvalue weighted by atomic mass is 16.2. The van der Waals surface area contributed by atoms with Gasteiger partial charge >= 0.3 is 0 Å². The Kier molecular flexibility index (Phi) is 4.85. The molecule has 1 atom stereocenters. The van der Waals surface area contributed by atoms with Gasteiger partial charge in [-0.2, -0.15) is 0 Å². The van der Waals surface area contributed by atoms with Gasteiger partial charge in [0.25, 0.3) is 0 Å². The van der Waals surface area contributed by atoms with Crippen molar-refractivity contribution >= 4 is 5.78 Å². The predicted octanol–water partition coefficient (Wildman–Crippen LogP) is 1.15. The number of Topliss-reactive ketones (excluding diaryl/α,β-unsaturated/α-hetero) is 1. The Morgan fingerprint density at radius 1 is 1.60 bits per heavy atom. The zero-order valence-electron chi connectivity index (χ0n) is 6.50. The summed E-state index contributed by atoms with van der Waals surface area (Å²) in [5.74, 6) is 0.283. The fourth-order valence-electron chi connectivity index (χ4n) is 0.541. The lowest BCUT2D eigenvalue weighted by Gasteiger charge is -2.00. The van der Waals surface area contributed by atoms with Crippen molar-refractivity contribution in [3.8, 4) is 0 Å². The van der Waals surface area contributed by atoms with Gasteiger partial charge in [-0.05, 0) is 13.3 Å². The number of hydrogen-bond donors (Lipinski definition) is 1. The number of rotatable bonds is 4. The van der Waals surface area contributed by atoms with E-state index in [-0.39, 0.29) is 18.3 Å². The quantitative estimate of drug-likeness (QED) is 0.598. The Morgan fingerprint density at radius 2 is 2.20 bits per heavy atom. The Balaban J connectivity index is 3.48. The summed E-state index contributed by atoms with van der Waals surface area (Å²) < 4.78 is 0. The number of ketones is 1. The van der Waals surface area contributed by atoms with Gasteiger partial charge in [-0.3, -0.25) is 4.79 Å². The molecule has 0 rings (SSSR count). The zero-order valence-corrected chi connectivity index (χ0v) is 6.50. The Morgan fingerprint density at radius 3 is 2.60 bits per heavy atom. The smallest absolute Gasteiger partial charge is 0.132 e. The maximum atomic E-state index is 10.6. The number of hydrogen-bond acceptors (Lipinski definition) is 2. The molecule has 0 aliphatic rings. The van der Waals surface area contributed by atoms with Crippen LogP contribution in [0.3, 0.4) is 0 Å². The molecule has 0 saturated heterocycles. The third kappa shape index (κ3) is 4.27. The minimum Gasteiger partial charge on any atom is -0.392 e. The highest BCUT2D eigenvalue weighted by Crippen LogP contribution is 2.02. The molecule has 0 spiro atoms. The fraction of sp³-hybridized carbons (Fsp3) is 0.625. The first-order valence-electron chi connectivity index (χ1n) is 3.44. The predicted molar refractivity (Wildman–Crippen MR) is 40.7 cm³/mol. The van der Waals surface area contributed by atoms with E-state index in [0.29, 0.717) is 0 Å². The summed E-state index contributed by atoms with van der Waals surface area (Å²) in [4.78, 5) is 10.6. The van der Waals surface area contributed by atoms with E-state index < -0.39 is 0 Å². The molecule has 0 heterocycles. The van der Waals surface area contributed by atoms with Gasteiger partial charge < -0.3 is 5.11 Å². The standard InChI is InChI=1S/C8H14O2/c1-7(8(2)10)5-3-4-6-9/h3-4,7,9H,5-6H2,1-2H3/b4-3+. The van der Waals surface area contributed by atoms with Gasteiger partial charge in [-0.15, -0.1) is 0 Å². The summed E-state index contributed by atoms with van der Waals surface area (Å²) in [5, 5.41) is 8.35. The van der Waals surface area contributed by atoms with Crippen LogP contribution >= 0.6 is 0 Å². The lowest BCUT2D eigenvalue weighted by molar-refractivity contribution is -0.120. The molecule has 1 N–H and O–H groups in total. The van der Waals surface area contributed by atoms with Crippen LogP contribution in [0.2, 0.25) is 0 Å². The Bertz CT molecular complexity index is 127. The molecule has 0 fully saturated rings. The van der Waals surface area contributed by atoms with Crippen LogP contribution in [0.15, 0.2) is 12.2 Å². The molecular weight excluding hydrogens is 128 g/mol. The van der Waals surface area contributed by atoms with Crippen LogP contribution in [0.1, 0.15) is 20.3 Å². The van der Waals surface area contributed by atoms with Crippen LogP contribution in [0.4, 0.5) is 0 Å². The third-order valence-electron chi connectivity index (χ3n) is 1.46. The molecule has 0 aromatic carbocycles. The number of carbonyl (C=O) groups excluding carboxylic acids is 1. The summed E-state index contributed by atoms with van der Waals surface area (Å²) in [7, 11) is 0. The molecule has 0 aliphatic heterocycles. The second-order valence-electron chi connectivity index (χ2n) is 2.40. The third-order valence-corrected chi connectivity index (χ3v) is 1.46. The van der Waals surface area contributed by atoms with E-state index in [1.54, 1.807) is 13.0 Å². The highest BCUT2D eigenvalue weighted by Gasteiger charge is 2.03. The summed E-state index contributed by atoms with van der Waals surface area (Å²) in [6, 6.07) is 0. The van der Waals surface area contributed by atoms with Gasteiger partial charge in [0.05, 0.1) is 6.61 Å². The van der Waals surface area contributed by atoms with Crippen molar-refractivity contribution in [2.45, 2.75) is 20.3 Å². The lowest BCUT2D eigenvalue weighted by atomic mass is 10.0. The van der Waals surface area contributed by atoms with Gasteiger partial charge in [-0.1, -0.05) is 19.1 Å². The maximum absolute atomic E-state index is 10.6. The largest absolute Gasteiger partial charge is 0.392 e. The van der Waals surface area contributed by atoms with E-state index in [2.05, 4.69) is 0 Å². The summed E-state index contributed by atoms with van der Waals surface area (Å²) >= 11 is 0. The van der Waals surface area contributed by atoms with Crippen LogP contribution in [-0.2, 0) is 4.79 Å². The SMILES string of the molecule is CC(=O)C(C)C/C=C/CO. The minimum atomic E-state index is 0.0601. The van der Waals surface area contributed by atoms with E-state index in [9.17, 15) is 4.79 Å². The van der Waals surface area contributed by atoms with Crippen molar-refractivity contribution in [3.05, 3.63) is 12.2 Å². The average Bonchev–Trinajstić information content (AvgIpc) is 1.88. The van der Waals surface area contributed by atoms with E-state index in [0.717, 1.165) is 6.42 Å². The van der Waals surface area contributed by atoms with Crippen molar-refractivity contribution in [3.63, 3.8) is 0 Å². The topological polar surface area (TPSA) is 37.3 Å². The summed E-state index contributed by atoms with van der Waals surface area (Å²) in [5.41, 5.74) is 0. The van der Waals surface area contributed by atoms with Gasteiger partial charge in [0.2, 0.25) is 0 Å². The summed E-state index contributed by atoms with van der Waals surface area (Å²) in [6.45, 7) is 3.52. The number of aliphatic hydroxyl groups excluding tert-OH is 1. The van der Waals surface area contributed by atoms with Crippen molar-refractivity contribution in [1.29, 1.82) is 0 Å². The first-order valence-corrected chi connectivity index (χ1v) is 3.44. The number of allylic oxidation sites excluding steroid dienone is 1. The second-order valence-corrected chi connectivity index (χ2v) is 2.40. The molecule has 0 radical (unpaired) electrons. The molecule has 0 bridgehead atoms. The van der Waals surface area contributed by atoms with Gasteiger partial charge in [0, 0.05) is 5.92 Å². The fourth-order valence-corrected chi connectivity index (χ4v) is 0.541. The first-order chi connectivity index (χ1) is 4.68.